The smallest absolute Gasteiger partial charge is 0.309 e. The van der Waals surface area contributed by atoms with E-state index in [2.05, 4.69) is 10.2 Å². The quantitative estimate of drug-likeness (QED) is 0.257. The summed E-state index contributed by atoms with van der Waals surface area (Å²) in [6.07, 6.45) is 0.414. The van der Waals surface area contributed by atoms with Crippen LogP contribution in [0.1, 0.15) is 18.7 Å². The fourth-order valence-electron chi connectivity index (χ4n) is 3.55. The summed E-state index contributed by atoms with van der Waals surface area (Å²) in [5.41, 5.74) is 0.00546. The van der Waals surface area contributed by atoms with Crippen molar-refractivity contribution in [2.24, 2.45) is 5.92 Å². The van der Waals surface area contributed by atoms with Gasteiger partial charge in [-0.25, -0.2) is 12.8 Å². The van der Waals surface area contributed by atoms with Crippen LogP contribution in [0.25, 0.3) is 11.5 Å². The molecule has 0 amide bonds. The Morgan fingerprint density at radius 3 is 2.54 bits per heavy atom. The average Bonchev–Trinajstić information content (AvgIpc) is 3.32. The molecule has 1 aliphatic rings. The van der Waals surface area contributed by atoms with Gasteiger partial charge in [-0.1, -0.05) is 11.6 Å². The van der Waals surface area contributed by atoms with Crippen LogP contribution in [-0.4, -0.2) is 46.9 Å². The Labute approximate surface area is 203 Å². The molecule has 1 saturated heterocycles. The summed E-state index contributed by atoms with van der Waals surface area (Å²) in [7, 11) is -4.00. The number of carbonyl (C=O) groups is 1. The standard InChI is InChI=1S/C21H18ClFN4O7S/c22-17-6-5-16(11-18(17)27(29)30)35(31,32)26-9-7-14(8-10-26)21(28)33-12-19-24-25-20(34-19)13-1-3-15(23)4-2-13/h1-6,11,14H,7-10,12H2. The second kappa shape index (κ2) is 10.1. The SMILES string of the molecule is O=C(OCc1nnc(-c2ccc(F)cc2)o1)C1CCN(S(=O)(=O)c2ccc(Cl)c([N+](=O)[O-])c2)CC1. The van der Waals surface area contributed by atoms with E-state index in [9.17, 15) is 27.7 Å². The highest BCUT2D eigenvalue weighted by atomic mass is 35.5. The van der Waals surface area contributed by atoms with Crippen molar-refractivity contribution in [2.75, 3.05) is 13.1 Å². The molecule has 35 heavy (non-hydrogen) atoms. The molecule has 1 aliphatic heterocycles. The lowest BCUT2D eigenvalue weighted by molar-refractivity contribution is -0.384. The fourth-order valence-corrected chi connectivity index (χ4v) is 5.22. The predicted octanol–water partition coefficient (Wildman–Crippen LogP) is 3.58. The van der Waals surface area contributed by atoms with Crippen LogP contribution in [0.15, 0.2) is 51.8 Å². The highest BCUT2D eigenvalue weighted by molar-refractivity contribution is 7.89. The van der Waals surface area contributed by atoms with Gasteiger partial charge in [0.1, 0.15) is 10.8 Å². The van der Waals surface area contributed by atoms with Gasteiger partial charge in [0.25, 0.3) is 11.6 Å². The van der Waals surface area contributed by atoms with E-state index in [4.69, 9.17) is 20.8 Å². The maximum Gasteiger partial charge on any atom is 0.309 e. The lowest BCUT2D eigenvalue weighted by atomic mass is 9.98. The largest absolute Gasteiger partial charge is 0.455 e. The van der Waals surface area contributed by atoms with E-state index < -0.39 is 38.3 Å². The third kappa shape index (κ3) is 5.47. The first-order valence-electron chi connectivity index (χ1n) is 10.3. The minimum atomic E-state index is -4.00. The number of sulfonamides is 1. The predicted molar refractivity (Wildman–Crippen MR) is 119 cm³/mol. The number of halogens is 2. The monoisotopic (exact) mass is 524 g/mol. The van der Waals surface area contributed by atoms with Gasteiger partial charge in [0, 0.05) is 24.7 Å². The molecule has 0 saturated carbocycles. The van der Waals surface area contributed by atoms with Crippen molar-refractivity contribution in [3.8, 4) is 11.5 Å². The first-order chi connectivity index (χ1) is 16.6. The van der Waals surface area contributed by atoms with E-state index in [1.54, 1.807) is 0 Å². The minimum Gasteiger partial charge on any atom is -0.455 e. The number of hydrogen-bond donors (Lipinski definition) is 0. The normalized spacial score (nSPS) is 15.1. The first kappa shape index (κ1) is 24.7. The third-order valence-electron chi connectivity index (χ3n) is 5.44. The zero-order valence-electron chi connectivity index (χ0n) is 18.0. The number of ether oxygens (including phenoxy) is 1. The van der Waals surface area contributed by atoms with Gasteiger partial charge in [0.15, 0.2) is 6.61 Å². The molecule has 0 unspecified atom stereocenters. The van der Waals surface area contributed by atoms with Crippen LogP contribution in [-0.2, 0) is 26.2 Å². The summed E-state index contributed by atoms with van der Waals surface area (Å²) in [5, 5.41) is 18.6. The minimum absolute atomic E-state index is 0.0355. The van der Waals surface area contributed by atoms with Crippen LogP contribution in [0.2, 0.25) is 5.02 Å². The molecule has 3 aromatic rings. The van der Waals surface area contributed by atoms with E-state index >= 15 is 0 Å². The van der Waals surface area contributed by atoms with Gasteiger partial charge in [-0.15, -0.1) is 10.2 Å². The fraction of sp³-hybridized carbons (Fsp3) is 0.286. The maximum absolute atomic E-state index is 13.0. The highest BCUT2D eigenvalue weighted by Gasteiger charge is 2.34. The molecule has 1 fully saturated rings. The molecule has 0 spiro atoms. The molecule has 0 radical (unpaired) electrons. The zero-order chi connectivity index (χ0) is 25.2. The Balaban J connectivity index is 1.32. The van der Waals surface area contributed by atoms with Crippen molar-refractivity contribution >= 4 is 33.3 Å². The van der Waals surface area contributed by atoms with Crippen LogP contribution in [0.4, 0.5) is 10.1 Å². The van der Waals surface area contributed by atoms with Gasteiger partial charge in [-0.05, 0) is 49.2 Å². The summed E-state index contributed by atoms with van der Waals surface area (Å²) in [6.45, 7) is -0.193. The molecule has 184 valence electrons. The number of benzene rings is 2. The van der Waals surface area contributed by atoms with Gasteiger partial charge >= 0.3 is 5.97 Å². The van der Waals surface area contributed by atoms with Crippen molar-refractivity contribution in [3.63, 3.8) is 0 Å². The molecular weight excluding hydrogens is 507 g/mol. The number of aromatic nitrogens is 2. The summed E-state index contributed by atoms with van der Waals surface area (Å²) < 4.78 is 50.7. The number of nitrogens with zero attached hydrogens (tertiary/aromatic N) is 4. The molecule has 4 rings (SSSR count). The molecule has 2 aromatic carbocycles. The van der Waals surface area contributed by atoms with Crippen LogP contribution >= 0.6 is 11.6 Å². The van der Waals surface area contributed by atoms with E-state index in [0.29, 0.717) is 5.56 Å². The molecule has 14 heteroatoms. The second-order valence-electron chi connectivity index (χ2n) is 7.66. The lowest BCUT2D eigenvalue weighted by Crippen LogP contribution is -2.40. The number of hydrogen-bond acceptors (Lipinski definition) is 9. The second-order valence-corrected chi connectivity index (χ2v) is 10.0. The Kier molecular flexibility index (Phi) is 7.10. The van der Waals surface area contributed by atoms with E-state index in [1.807, 2.05) is 0 Å². The van der Waals surface area contributed by atoms with Gasteiger partial charge in [-0.2, -0.15) is 4.31 Å². The number of esters is 1. The molecule has 1 aromatic heterocycles. The first-order valence-corrected chi connectivity index (χ1v) is 12.2. The van der Waals surface area contributed by atoms with Crippen molar-refractivity contribution < 1.29 is 31.7 Å². The molecule has 0 N–H and O–H groups in total. The Morgan fingerprint density at radius 1 is 1.20 bits per heavy atom. The number of carbonyl (C=O) groups excluding carboxylic acids is 1. The average molecular weight is 525 g/mol. The van der Waals surface area contributed by atoms with Crippen molar-refractivity contribution in [1.29, 1.82) is 0 Å². The summed E-state index contributed by atoms with van der Waals surface area (Å²) >= 11 is 5.76. The third-order valence-corrected chi connectivity index (χ3v) is 7.65. The van der Waals surface area contributed by atoms with Crippen molar-refractivity contribution in [2.45, 2.75) is 24.3 Å². The van der Waals surface area contributed by atoms with Crippen molar-refractivity contribution in [1.82, 2.24) is 14.5 Å². The maximum atomic E-state index is 13.0. The molecule has 0 bridgehead atoms. The van der Waals surface area contributed by atoms with Crippen LogP contribution in [0.3, 0.4) is 0 Å². The summed E-state index contributed by atoms with van der Waals surface area (Å²) in [5.74, 6) is -1.28. The Bertz CT molecular complexity index is 1360. The van der Waals surface area contributed by atoms with E-state index in [0.717, 1.165) is 16.4 Å². The number of nitro benzene ring substituents is 1. The summed E-state index contributed by atoms with van der Waals surface area (Å²) in [4.78, 5) is 22.5. The number of piperidine rings is 1. The topological polar surface area (TPSA) is 146 Å². The van der Waals surface area contributed by atoms with Crippen LogP contribution < -0.4 is 0 Å². The molecular formula is C21H18ClFN4O7S. The van der Waals surface area contributed by atoms with E-state index in [1.165, 1.54) is 30.3 Å². The van der Waals surface area contributed by atoms with Gasteiger partial charge in [0.2, 0.25) is 15.9 Å². The highest BCUT2D eigenvalue weighted by Crippen LogP contribution is 2.30. The molecule has 11 nitrogen and oxygen atoms in total. The molecule has 2 heterocycles. The zero-order valence-corrected chi connectivity index (χ0v) is 19.5. The summed E-state index contributed by atoms with van der Waals surface area (Å²) in [6, 6.07) is 8.74. The van der Waals surface area contributed by atoms with Crippen LogP contribution in [0, 0.1) is 21.8 Å². The molecule has 0 aliphatic carbocycles. The number of rotatable bonds is 7. The number of nitro groups is 1. The van der Waals surface area contributed by atoms with Gasteiger partial charge in [-0.3, -0.25) is 14.9 Å². The van der Waals surface area contributed by atoms with Crippen molar-refractivity contribution in [3.05, 3.63) is 69.3 Å². The van der Waals surface area contributed by atoms with Gasteiger partial charge in [0.05, 0.1) is 15.7 Å². The van der Waals surface area contributed by atoms with Gasteiger partial charge < -0.3 is 9.15 Å². The Morgan fingerprint density at radius 2 is 1.89 bits per heavy atom. The molecule has 0 atom stereocenters. The van der Waals surface area contributed by atoms with Crippen LogP contribution in [0.5, 0.6) is 0 Å². The lowest BCUT2D eigenvalue weighted by Gasteiger charge is -2.30. The Hall–Kier alpha value is -3.42. The van der Waals surface area contributed by atoms with E-state index in [-0.39, 0.29) is 54.2 Å².